The van der Waals surface area contributed by atoms with E-state index in [1.165, 1.54) is 25.7 Å². The second-order valence-electron chi connectivity index (χ2n) is 2.91. The second-order valence-corrected chi connectivity index (χ2v) is 2.91. The Morgan fingerprint density at radius 2 is 2.22 bits per heavy atom. The van der Waals surface area contributed by atoms with Gasteiger partial charge >= 0.3 is 0 Å². The summed E-state index contributed by atoms with van der Waals surface area (Å²) in [6.45, 7) is 4.37. The van der Waals surface area contributed by atoms with E-state index in [9.17, 15) is 0 Å². The first-order chi connectivity index (χ1) is 4.33. The maximum absolute atomic E-state index is 5.64. The summed E-state index contributed by atoms with van der Waals surface area (Å²) in [6.07, 6.45) is 6.17. The molecule has 0 amide bonds. The summed E-state index contributed by atoms with van der Waals surface area (Å²) in [5.74, 6) is 0. The number of hydrogen-bond acceptors (Lipinski definition) is 1. The fourth-order valence-electron chi connectivity index (χ4n) is 1.40. The minimum atomic E-state index is 0.517. The van der Waals surface area contributed by atoms with E-state index in [2.05, 4.69) is 13.8 Å². The summed E-state index contributed by atoms with van der Waals surface area (Å²) in [4.78, 5) is 0. The summed E-state index contributed by atoms with van der Waals surface area (Å²) < 4.78 is 5.64. The van der Waals surface area contributed by atoms with E-state index < -0.39 is 0 Å². The minimum Gasteiger partial charge on any atom is -0.375 e. The molecular formula is C8H16O. The topological polar surface area (TPSA) is 9.23 Å². The number of ether oxygens (including phenoxy) is 1. The van der Waals surface area contributed by atoms with E-state index in [4.69, 9.17) is 4.74 Å². The van der Waals surface area contributed by atoms with Crippen molar-refractivity contribution in [1.29, 1.82) is 0 Å². The first kappa shape index (κ1) is 7.07. The minimum absolute atomic E-state index is 0.517. The fourth-order valence-corrected chi connectivity index (χ4v) is 1.40. The third-order valence-corrected chi connectivity index (χ3v) is 2.02. The average Bonchev–Trinajstić information content (AvgIpc) is 1.88. The molecule has 1 saturated heterocycles. The maximum atomic E-state index is 5.64. The summed E-state index contributed by atoms with van der Waals surface area (Å²) in [7, 11) is 0. The number of rotatable bonds is 1. The van der Waals surface area contributed by atoms with Crippen LogP contribution in [-0.2, 0) is 4.74 Å². The molecule has 0 spiro atoms. The molecule has 9 heavy (non-hydrogen) atoms. The summed E-state index contributed by atoms with van der Waals surface area (Å²) in [5.41, 5.74) is 0. The first-order valence-electron chi connectivity index (χ1n) is 3.98. The third-order valence-electron chi connectivity index (χ3n) is 2.02. The van der Waals surface area contributed by atoms with Gasteiger partial charge in [-0.25, -0.2) is 0 Å². The van der Waals surface area contributed by atoms with Crippen LogP contribution in [0, 0.1) is 0 Å². The van der Waals surface area contributed by atoms with Gasteiger partial charge in [-0.2, -0.15) is 0 Å². The zero-order valence-electron chi connectivity index (χ0n) is 6.39. The molecule has 0 aromatic heterocycles. The van der Waals surface area contributed by atoms with Crippen LogP contribution in [0.25, 0.3) is 0 Å². The van der Waals surface area contributed by atoms with Crippen molar-refractivity contribution in [3.05, 3.63) is 0 Å². The lowest BCUT2D eigenvalue weighted by Gasteiger charge is -2.26. The largest absolute Gasteiger partial charge is 0.375 e. The van der Waals surface area contributed by atoms with Gasteiger partial charge in [0.15, 0.2) is 0 Å². The molecule has 0 radical (unpaired) electrons. The predicted molar refractivity (Wildman–Crippen MR) is 38.5 cm³/mol. The molecule has 1 aliphatic heterocycles. The van der Waals surface area contributed by atoms with Crippen LogP contribution in [0.15, 0.2) is 0 Å². The van der Waals surface area contributed by atoms with Gasteiger partial charge in [0.05, 0.1) is 12.2 Å². The van der Waals surface area contributed by atoms with Crippen LogP contribution >= 0.6 is 0 Å². The van der Waals surface area contributed by atoms with Gasteiger partial charge in [-0.3, -0.25) is 0 Å². The lowest BCUT2D eigenvalue weighted by Crippen LogP contribution is -2.24. The van der Waals surface area contributed by atoms with Gasteiger partial charge in [-0.15, -0.1) is 0 Å². The van der Waals surface area contributed by atoms with E-state index in [1.54, 1.807) is 0 Å². The van der Waals surface area contributed by atoms with Crippen molar-refractivity contribution in [3.63, 3.8) is 0 Å². The molecule has 0 bridgehead atoms. The van der Waals surface area contributed by atoms with Crippen LogP contribution in [0.2, 0.25) is 0 Å². The summed E-state index contributed by atoms with van der Waals surface area (Å²) in [6, 6.07) is 0. The molecule has 1 fully saturated rings. The summed E-state index contributed by atoms with van der Waals surface area (Å²) in [5, 5.41) is 0. The van der Waals surface area contributed by atoms with Crippen molar-refractivity contribution in [2.24, 2.45) is 0 Å². The monoisotopic (exact) mass is 128 g/mol. The smallest absolute Gasteiger partial charge is 0.0576 e. The fraction of sp³-hybridized carbons (Fsp3) is 1.00. The summed E-state index contributed by atoms with van der Waals surface area (Å²) >= 11 is 0. The highest BCUT2D eigenvalue weighted by Crippen LogP contribution is 2.19. The highest BCUT2D eigenvalue weighted by molar-refractivity contribution is 4.65. The molecule has 2 atom stereocenters. The van der Waals surface area contributed by atoms with Gasteiger partial charge in [0, 0.05) is 0 Å². The van der Waals surface area contributed by atoms with Gasteiger partial charge in [0.2, 0.25) is 0 Å². The van der Waals surface area contributed by atoms with Crippen molar-refractivity contribution >= 4 is 0 Å². The zero-order valence-corrected chi connectivity index (χ0v) is 6.39. The van der Waals surface area contributed by atoms with Crippen LogP contribution in [0.4, 0.5) is 0 Å². The lowest BCUT2D eigenvalue weighted by molar-refractivity contribution is -0.0407. The second kappa shape index (κ2) is 3.21. The normalized spacial score (nSPS) is 36.7. The van der Waals surface area contributed by atoms with Crippen LogP contribution < -0.4 is 0 Å². The van der Waals surface area contributed by atoms with Crippen molar-refractivity contribution in [1.82, 2.24) is 0 Å². The molecule has 1 heterocycles. The third kappa shape index (κ3) is 1.98. The van der Waals surface area contributed by atoms with Crippen LogP contribution in [0.3, 0.4) is 0 Å². The van der Waals surface area contributed by atoms with Gasteiger partial charge in [0.25, 0.3) is 0 Å². The SMILES string of the molecule is CCC1CCCC(C)O1. The van der Waals surface area contributed by atoms with E-state index in [1.807, 2.05) is 0 Å². The molecule has 0 aliphatic carbocycles. The van der Waals surface area contributed by atoms with Crippen molar-refractivity contribution in [2.45, 2.75) is 51.7 Å². The highest BCUT2D eigenvalue weighted by atomic mass is 16.5. The van der Waals surface area contributed by atoms with Gasteiger partial charge in [0.1, 0.15) is 0 Å². The Kier molecular flexibility index (Phi) is 2.52. The quantitative estimate of drug-likeness (QED) is 0.526. The van der Waals surface area contributed by atoms with Crippen LogP contribution in [0.1, 0.15) is 39.5 Å². The van der Waals surface area contributed by atoms with Crippen molar-refractivity contribution in [2.75, 3.05) is 0 Å². The van der Waals surface area contributed by atoms with E-state index in [0.29, 0.717) is 12.2 Å². The Bertz CT molecular complexity index is 80.6. The molecule has 2 unspecified atom stereocenters. The Hall–Kier alpha value is -0.0400. The molecule has 54 valence electrons. The van der Waals surface area contributed by atoms with Crippen molar-refractivity contribution in [3.8, 4) is 0 Å². The number of hydrogen-bond donors (Lipinski definition) is 0. The molecule has 0 N–H and O–H groups in total. The molecular weight excluding hydrogens is 112 g/mol. The van der Waals surface area contributed by atoms with Gasteiger partial charge in [-0.05, 0) is 32.6 Å². The van der Waals surface area contributed by atoms with Gasteiger partial charge in [-0.1, -0.05) is 6.92 Å². The zero-order chi connectivity index (χ0) is 6.69. The van der Waals surface area contributed by atoms with Crippen LogP contribution in [0.5, 0.6) is 0 Å². The van der Waals surface area contributed by atoms with Crippen molar-refractivity contribution < 1.29 is 4.74 Å². The van der Waals surface area contributed by atoms with E-state index >= 15 is 0 Å². The highest BCUT2D eigenvalue weighted by Gasteiger charge is 2.16. The average molecular weight is 128 g/mol. The standard InChI is InChI=1S/C8H16O/c1-3-8-6-4-5-7(2)9-8/h7-8H,3-6H2,1-2H3. The Morgan fingerprint density at radius 3 is 2.67 bits per heavy atom. The predicted octanol–water partition coefficient (Wildman–Crippen LogP) is 2.35. The molecule has 1 heteroatoms. The van der Waals surface area contributed by atoms with E-state index in [0.717, 1.165) is 0 Å². The Morgan fingerprint density at radius 1 is 1.44 bits per heavy atom. The van der Waals surface area contributed by atoms with Crippen LogP contribution in [-0.4, -0.2) is 12.2 Å². The Labute approximate surface area is 57.4 Å². The Balaban J connectivity index is 2.23. The van der Waals surface area contributed by atoms with Gasteiger partial charge < -0.3 is 4.74 Å². The maximum Gasteiger partial charge on any atom is 0.0576 e. The first-order valence-corrected chi connectivity index (χ1v) is 3.98. The van der Waals surface area contributed by atoms with E-state index in [-0.39, 0.29) is 0 Å². The molecule has 0 saturated carbocycles. The molecule has 1 nitrogen and oxygen atoms in total. The molecule has 0 aromatic carbocycles. The molecule has 1 rings (SSSR count). The lowest BCUT2D eigenvalue weighted by atomic mass is 10.0. The molecule has 1 aliphatic rings. The molecule has 0 aromatic rings.